The third-order valence-electron chi connectivity index (χ3n) is 3.20. The average molecular weight is 274 g/mol. The third-order valence-corrected chi connectivity index (χ3v) is 3.20. The molecule has 0 saturated heterocycles. The van der Waals surface area contributed by atoms with Gasteiger partial charge in [0.15, 0.2) is 6.10 Å². The van der Waals surface area contributed by atoms with E-state index in [9.17, 15) is 9.59 Å². The predicted molar refractivity (Wildman–Crippen MR) is 69.0 cm³/mol. The molecule has 1 fully saturated rings. The Morgan fingerprint density at radius 1 is 1.45 bits per heavy atom. The Bertz CT molecular complexity index is 587. The number of carboxylic acids is 1. The van der Waals surface area contributed by atoms with Crippen molar-refractivity contribution in [3.63, 3.8) is 0 Å². The Labute approximate surface area is 116 Å². The number of carboxylic acid groups (broad SMARTS) is 1. The molecule has 0 bridgehead atoms. The van der Waals surface area contributed by atoms with E-state index in [1.807, 2.05) is 6.07 Å². The van der Waals surface area contributed by atoms with E-state index in [0.717, 1.165) is 0 Å². The van der Waals surface area contributed by atoms with Gasteiger partial charge in [-0.2, -0.15) is 5.26 Å². The fourth-order valence-corrected chi connectivity index (χ4v) is 1.76. The monoisotopic (exact) mass is 274 g/mol. The average Bonchev–Trinajstić information content (AvgIpc) is 3.20. The number of nitriles is 1. The lowest BCUT2D eigenvalue weighted by Gasteiger charge is -2.18. The van der Waals surface area contributed by atoms with Gasteiger partial charge in [-0.1, -0.05) is 12.1 Å². The maximum Gasteiger partial charge on any atom is 0.329 e. The van der Waals surface area contributed by atoms with E-state index in [2.05, 4.69) is 5.32 Å². The van der Waals surface area contributed by atoms with Gasteiger partial charge in [0, 0.05) is 0 Å². The van der Waals surface area contributed by atoms with Gasteiger partial charge in [0.2, 0.25) is 0 Å². The van der Waals surface area contributed by atoms with Crippen molar-refractivity contribution in [2.75, 3.05) is 0 Å². The highest BCUT2D eigenvalue weighted by Gasteiger charge is 2.52. The summed E-state index contributed by atoms with van der Waals surface area (Å²) in [6.07, 6.45) is -0.0214. The molecule has 1 aliphatic carbocycles. The summed E-state index contributed by atoms with van der Waals surface area (Å²) in [5.41, 5.74) is -0.810. The number of benzene rings is 1. The van der Waals surface area contributed by atoms with Crippen molar-refractivity contribution < 1.29 is 19.4 Å². The van der Waals surface area contributed by atoms with Crippen molar-refractivity contribution in [3.8, 4) is 11.8 Å². The first-order chi connectivity index (χ1) is 9.48. The van der Waals surface area contributed by atoms with Crippen LogP contribution in [-0.4, -0.2) is 28.6 Å². The maximum absolute atomic E-state index is 11.9. The molecule has 1 aliphatic rings. The van der Waals surface area contributed by atoms with Gasteiger partial charge in [-0.05, 0) is 31.9 Å². The lowest BCUT2D eigenvalue weighted by molar-refractivity contribution is -0.144. The SMILES string of the molecule is CC(Oc1ccccc1C#N)C(=O)NC1(C(=O)O)CC1. The van der Waals surface area contributed by atoms with Gasteiger partial charge in [-0.15, -0.1) is 0 Å². The molecule has 2 rings (SSSR count). The van der Waals surface area contributed by atoms with Gasteiger partial charge in [-0.3, -0.25) is 4.79 Å². The summed E-state index contributed by atoms with van der Waals surface area (Å²) in [6, 6.07) is 8.53. The lowest BCUT2D eigenvalue weighted by atomic mass is 10.2. The van der Waals surface area contributed by atoms with Crippen molar-refractivity contribution in [1.82, 2.24) is 5.32 Å². The van der Waals surface area contributed by atoms with Crippen LogP contribution in [0.2, 0.25) is 0 Å². The number of carbonyl (C=O) groups excluding carboxylic acids is 1. The topological polar surface area (TPSA) is 99.4 Å². The minimum Gasteiger partial charge on any atom is -0.480 e. The Balaban J connectivity index is 2.02. The Hall–Kier alpha value is -2.55. The molecule has 6 heteroatoms. The zero-order chi connectivity index (χ0) is 14.8. The molecular weight excluding hydrogens is 260 g/mol. The van der Waals surface area contributed by atoms with Crippen LogP contribution in [0.25, 0.3) is 0 Å². The number of aliphatic carboxylic acids is 1. The largest absolute Gasteiger partial charge is 0.480 e. The van der Waals surface area contributed by atoms with Gasteiger partial charge in [0.05, 0.1) is 5.56 Å². The van der Waals surface area contributed by atoms with E-state index in [4.69, 9.17) is 15.1 Å². The number of hydrogen-bond acceptors (Lipinski definition) is 4. The fourth-order valence-electron chi connectivity index (χ4n) is 1.76. The van der Waals surface area contributed by atoms with Crippen LogP contribution in [0, 0.1) is 11.3 Å². The second-order valence-electron chi connectivity index (χ2n) is 4.74. The summed E-state index contributed by atoms with van der Waals surface area (Å²) < 4.78 is 5.42. The maximum atomic E-state index is 11.9. The minimum atomic E-state index is -1.14. The zero-order valence-electron chi connectivity index (χ0n) is 10.9. The van der Waals surface area contributed by atoms with Gasteiger partial charge >= 0.3 is 5.97 Å². The number of hydrogen-bond donors (Lipinski definition) is 2. The van der Waals surface area contributed by atoms with E-state index in [-0.39, 0.29) is 0 Å². The number of rotatable bonds is 5. The molecular formula is C14H14N2O4. The molecule has 2 N–H and O–H groups in total. The van der Waals surface area contributed by atoms with Gasteiger partial charge in [0.25, 0.3) is 5.91 Å². The molecule has 1 aromatic rings. The van der Waals surface area contributed by atoms with Gasteiger partial charge in [-0.25, -0.2) is 4.79 Å². The van der Waals surface area contributed by atoms with Crippen molar-refractivity contribution in [1.29, 1.82) is 5.26 Å². The molecule has 1 unspecified atom stereocenters. The van der Waals surface area contributed by atoms with E-state index in [1.54, 1.807) is 24.3 Å². The summed E-state index contributed by atoms with van der Waals surface area (Å²) in [7, 11) is 0. The van der Waals surface area contributed by atoms with E-state index < -0.39 is 23.5 Å². The van der Waals surface area contributed by atoms with E-state index >= 15 is 0 Å². The summed E-state index contributed by atoms with van der Waals surface area (Å²) in [5, 5.41) is 20.4. The standard InChI is InChI=1S/C14H14N2O4/c1-9(12(17)16-14(6-7-14)13(18)19)20-11-5-3-2-4-10(11)8-15/h2-5,9H,6-7H2,1H3,(H,16,17)(H,18,19). The first-order valence-electron chi connectivity index (χ1n) is 6.20. The van der Waals surface area contributed by atoms with Crippen LogP contribution in [-0.2, 0) is 9.59 Å². The summed E-state index contributed by atoms with van der Waals surface area (Å²) >= 11 is 0. The second kappa shape index (κ2) is 5.21. The van der Waals surface area contributed by atoms with Crippen LogP contribution in [0.5, 0.6) is 5.75 Å². The molecule has 0 spiro atoms. The highest BCUT2D eigenvalue weighted by Crippen LogP contribution is 2.35. The molecule has 1 aromatic carbocycles. The quantitative estimate of drug-likeness (QED) is 0.836. The Kier molecular flexibility index (Phi) is 3.61. The van der Waals surface area contributed by atoms with Crippen molar-refractivity contribution in [2.24, 2.45) is 0 Å². The second-order valence-corrected chi connectivity index (χ2v) is 4.74. The summed E-state index contributed by atoms with van der Waals surface area (Å²) in [6.45, 7) is 1.52. The normalized spacial score (nSPS) is 16.6. The zero-order valence-corrected chi connectivity index (χ0v) is 10.9. The van der Waals surface area contributed by atoms with Crippen LogP contribution in [0.3, 0.4) is 0 Å². The Morgan fingerprint density at radius 2 is 2.10 bits per heavy atom. The third kappa shape index (κ3) is 2.72. The number of nitrogens with zero attached hydrogens (tertiary/aromatic N) is 1. The number of ether oxygens (including phenoxy) is 1. The van der Waals surface area contributed by atoms with Gasteiger partial charge in [0.1, 0.15) is 17.4 Å². The number of nitrogens with one attached hydrogen (secondary N) is 1. The number of carbonyl (C=O) groups is 2. The number of amides is 1. The lowest BCUT2D eigenvalue weighted by Crippen LogP contribution is -2.48. The van der Waals surface area contributed by atoms with Crippen LogP contribution in [0.4, 0.5) is 0 Å². The van der Waals surface area contributed by atoms with Crippen LogP contribution < -0.4 is 10.1 Å². The van der Waals surface area contributed by atoms with E-state index in [0.29, 0.717) is 24.2 Å². The fraction of sp³-hybridized carbons (Fsp3) is 0.357. The van der Waals surface area contributed by atoms with Crippen molar-refractivity contribution in [2.45, 2.75) is 31.4 Å². The Morgan fingerprint density at radius 3 is 2.65 bits per heavy atom. The molecule has 0 heterocycles. The first kappa shape index (κ1) is 13.9. The molecule has 1 saturated carbocycles. The predicted octanol–water partition coefficient (Wildman–Crippen LogP) is 1.06. The smallest absolute Gasteiger partial charge is 0.329 e. The minimum absolute atomic E-state index is 0.304. The van der Waals surface area contributed by atoms with Crippen LogP contribution in [0.15, 0.2) is 24.3 Å². The highest BCUT2D eigenvalue weighted by molar-refractivity contribution is 5.91. The van der Waals surface area contributed by atoms with E-state index in [1.165, 1.54) is 6.92 Å². The molecule has 0 aliphatic heterocycles. The molecule has 6 nitrogen and oxygen atoms in total. The highest BCUT2D eigenvalue weighted by atomic mass is 16.5. The number of para-hydroxylation sites is 1. The molecule has 1 amide bonds. The molecule has 1 atom stereocenters. The molecule has 20 heavy (non-hydrogen) atoms. The van der Waals surface area contributed by atoms with Crippen molar-refractivity contribution in [3.05, 3.63) is 29.8 Å². The molecule has 104 valence electrons. The van der Waals surface area contributed by atoms with Crippen LogP contribution >= 0.6 is 0 Å². The summed E-state index contributed by atoms with van der Waals surface area (Å²) in [5.74, 6) is -1.23. The van der Waals surface area contributed by atoms with Crippen LogP contribution in [0.1, 0.15) is 25.3 Å². The van der Waals surface area contributed by atoms with Gasteiger partial charge < -0.3 is 15.2 Å². The van der Waals surface area contributed by atoms with Crippen molar-refractivity contribution >= 4 is 11.9 Å². The summed E-state index contributed by atoms with van der Waals surface area (Å²) in [4.78, 5) is 22.9. The first-order valence-corrected chi connectivity index (χ1v) is 6.20. The molecule has 0 aromatic heterocycles. The molecule has 0 radical (unpaired) electrons.